The van der Waals surface area contributed by atoms with Gasteiger partial charge >= 0.3 is 0 Å². The normalized spacial score (nSPS) is 11.6. The number of hydrogen-bond donors (Lipinski definition) is 0. The second-order valence-electron chi connectivity index (χ2n) is 12.5. The summed E-state index contributed by atoms with van der Waals surface area (Å²) in [4.78, 5) is 14.8. The van der Waals surface area contributed by atoms with Crippen molar-refractivity contribution in [2.24, 2.45) is 0 Å². The van der Waals surface area contributed by atoms with Gasteiger partial charge in [0.25, 0.3) is 0 Å². The van der Waals surface area contributed by atoms with Crippen LogP contribution in [0.4, 0.5) is 4.39 Å². The van der Waals surface area contributed by atoms with Crippen LogP contribution in [0.25, 0.3) is 93.0 Å². The number of hydrogen-bond acceptors (Lipinski definition) is 4. The average molecular weight is 675 g/mol. The molecule has 0 aliphatic heterocycles. The summed E-state index contributed by atoms with van der Waals surface area (Å²) >= 11 is 1.81. The first-order valence-corrected chi connectivity index (χ1v) is 17.6. The van der Waals surface area contributed by atoms with Crippen molar-refractivity contribution in [1.29, 1.82) is 0 Å². The smallest absolute Gasteiger partial charge is 0.164 e. The Labute approximate surface area is 296 Å². The molecule has 0 saturated heterocycles. The molecule has 0 fully saturated rings. The van der Waals surface area contributed by atoms with Gasteiger partial charge in [0.2, 0.25) is 0 Å². The first-order valence-electron chi connectivity index (χ1n) is 16.8. The van der Waals surface area contributed by atoms with E-state index in [4.69, 9.17) is 15.0 Å². The number of fused-ring (bicyclic) bond motifs is 7. The maximum atomic E-state index is 15.9. The van der Waals surface area contributed by atoms with Gasteiger partial charge in [-0.2, -0.15) is 0 Å². The fraction of sp³-hybridized carbons (Fsp3) is 0. The highest BCUT2D eigenvalue weighted by atomic mass is 32.1. The van der Waals surface area contributed by atoms with E-state index in [1.165, 1.54) is 31.6 Å². The molecule has 0 amide bonds. The quantitative estimate of drug-likeness (QED) is 0.182. The van der Waals surface area contributed by atoms with E-state index < -0.39 is 0 Å². The van der Waals surface area contributed by atoms with Crippen molar-refractivity contribution in [3.8, 4) is 51.0 Å². The standard InChI is InChI=1S/C45H27FN4S/c46-35-20-10-7-17-31(35)34-27-30(45-48-43(28-13-3-1-4-14-28)47-44(49-45)29-15-5-2-6-16-29)23-24-37(34)50-36-21-11-8-18-32(36)41-38(50)25-26-40-42(41)33-19-9-12-22-39(33)51-40/h1-27H. The minimum absolute atomic E-state index is 0.298. The first-order chi connectivity index (χ1) is 25.2. The third kappa shape index (κ3) is 4.83. The fourth-order valence-electron chi connectivity index (χ4n) is 7.24. The van der Waals surface area contributed by atoms with Crippen LogP contribution in [0.5, 0.6) is 0 Å². The van der Waals surface area contributed by atoms with Crippen LogP contribution < -0.4 is 0 Å². The Balaban J connectivity index is 1.26. The Hall–Kier alpha value is -6.50. The zero-order chi connectivity index (χ0) is 33.9. The number of benzene rings is 7. The summed E-state index contributed by atoms with van der Waals surface area (Å²) in [6, 6.07) is 54.5. The molecule has 0 saturated carbocycles. The third-order valence-corrected chi connectivity index (χ3v) is 10.7. The molecule has 0 aliphatic rings. The second kappa shape index (κ2) is 11.8. The molecule has 4 nitrogen and oxygen atoms in total. The molecule has 3 heterocycles. The zero-order valence-electron chi connectivity index (χ0n) is 27.2. The van der Waals surface area contributed by atoms with E-state index in [0.29, 0.717) is 23.0 Å². The highest BCUT2D eigenvalue weighted by molar-refractivity contribution is 7.26. The molecule has 10 aromatic rings. The van der Waals surface area contributed by atoms with Crippen molar-refractivity contribution < 1.29 is 4.39 Å². The van der Waals surface area contributed by atoms with Crippen LogP contribution >= 0.6 is 11.3 Å². The lowest BCUT2D eigenvalue weighted by Gasteiger charge is -2.16. The summed E-state index contributed by atoms with van der Waals surface area (Å²) in [7, 11) is 0. The summed E-state index contributed by atoms with van der Waals surface area (Å²) in [5, 5.41) is 4.84. The summed E-state index contributed by atoms with van der Waals surface area (Å²) < 4.78 is 20.7. The van der Waals surface area contributed by atoms with Crippen molar-refractivity contribution in [3.63, 3.8) is 0 Å². The van der Waals surface area contributed by atoms with Crippen LogP contribution in [0.3, 0.4) is 0 Å². The lowest BCUT2D eigenvalue weighted by Crippen LogP contribution is -2.02. The summed E-state index contributed by atoms with van der Waals surface area (Å²) in [5.41, 5.74) is 6.78. The van der Waals surface area contributed by atoms with Crippen molar-refractivity contribution in [1.82, 2.24) is 19.5 Å². The third-order valence-electron chi connectivity index (χ3n) is 9.54. The lowest BCUT2D eigenvalue weighted by molar-refractivity contribution is 0.631. The zero-order valence-corrected chi connectivity index (χ0v) is 28.0. The number of thiophene rings is 1. The predicted molar refractivity (Wildman–Crippen MR) is 209 cm³/mol. The molecule has 7 aromatic carbocycles. The van der Waals surface area contributed by atoms with Gasteiger partial charge in [0.15, 0.2) is 17.5 Å². The van der Waals surface area contributed by atoms with E-state index in [-0.39, 0.29) is 5.82 Å². The molecule has 3 aromatic heterocycles. The van der Waals surface area contributed by atoms with Gasteiger partial charge in [0.05, 0.1) is 16.7 Å². The molecule has 0 aliphatic carbocycles. The van der Waals surface area contributed by atoms with Gasteiger partial charge in [-0.3, -0.25) is 0 Å². The summed E-state index contributed by atoms with van der Waals surface area (Å²) in [6.45, 7) is 0. The maximum Gasteiger partial charge on any atom is 0.164 e. The van der Waals surface area contributed by atoms with E-state index in [0.717, 1.165) is 44.4 Å². The van der Waals surface area contributed by atoms with Crippen LogP contribution in [0.2, 0.25) is 0 Å². The molecule has 0 N–H and O–H groups in total. The minimum Gasteiger partial charge on any atom is -0.309 e. The minimum atomic E-state index is -0.298. The molecular formula is C45H27FN4S. The Morgan fingerprint density at radius 1 is 0.431 bits per heavy atom. The molecule has 0 atom stereocenters. The maximum absolute atomic E-state index is 15.9. The highest BCUT2D eigenvalue weighted by Gasteiger charge is 2.22. The van der Waals surface area contributed by atoms with Gasteiger partial charge in [-0.1, -0.05) is 115 Å². The molecule has 10 rings (SSSR count). The Bertz CT molecular complexity index is 2870. The number of halogens is 1. The van der Waals surface area contributed by atoms with Crippen LogP contribution in [0.1, 0.15) is 0 Å². The molecule has 0 spiro atoms. The van der Waals surface area contributed by atoms with Gasteiger partial charge in [0.1, 0.15) is 5.82 Å². The van der Waals surface area contributed by atoms with E-state index in [1.807, 2.05) is 96.3 Å². The van der Waals surface area contributed by atoms with Gasteiger partial charge in [-0.05, 0) is 48.5 Å². The van der Waals surface area contributed by atoms with Crippen molar-refractivity contribution in [3.05, 3.63) is 170 Å². The number of aromatic nitrogens is 4. The molecular weight excluding hydrogens is 648 g/mol. The molecule has 0 radical (unpaired) electrons. The first kappa shape index (κ1) is 29.4. The topological polar surface area (TPSA) is 43.6 Å². The van der Waals surface area contributed by atoms with Crippen molar-refractivity contribution in [2.45, 2.75) is 0 Å². The molecule has 0 bridgehead atoms. The molecule has 0 unspecified atom stereocenters. The average Bonchev–Trinajstić information content (AvgIpc) is 3.74. The van der Waals surface area contributed by atoms with Gasteiger partial charge in [0, 0.05) is 58.8 Å². The SMILES string of the molecule is Fc1ccccc1-c1cc(-c2nc(-c3ccccc3)nc(-c3ccccc3)n2)ccc1-n1c2ccccc2c2c3c(ccc21)sc1ccccc13. The largest absolute Gasteiger partial charge is 0.309 e. The molecule has 6 heteroatoms. The second-order valence-corrected chi connectivity index (χ2v) is 13.6. The number of rotatable bonds is 5. The molecule has 240 valence electrons. The number of para-hydroxylation sites is 1. The van der Waals surface area contributed by atoms with Crippen molar-refractivity contribution in [2.75, 3.05) is 0 Å². The molecule has 51 heavy (non-hydrogen) atoms. The predicted octanol–water partition coefficient (Wildman–Crippen LogP) is 12.1. The van der Waals surface area contributed by atoms with E-state index in [2.05, 4.69) is 71.3 Å². The van der Waals surface area contributed by atoms with E-state index in [1.54, 1.807) is 6.07 Å². The van der Waals surface area contributed by atoms with E-state index >= 15 is 4.39 Å². The lowest BCUT2D eigenvalue weighted by atomic mass is 9.99. The van der Waals surface area contributed by atoms with Crippen LogP contribution in [-0.4, -0.2) is 19.5 Å². The van der Waals surface area contributed by atoms with Crippen LogP contribution in [0.15, 0.2) is 164 Å². The van der Waals surface area contributed by atoms with Crippen LogP contribution in [-0.2, 0) is 0 Å². The summed E-state index contributed by atoms with van der Waals surface area (Å²) in [5.74, 6) is 1.37. The Kier molecular flexibility index (Phi) is 6.82. The van der Waals surface area contributed by atoms with Crippen LogP contribution in [0, 0.1) is 5.82 Å². The summed E-state index contributed by atoms with van der Waals surface area (Å²) in [6.07, 6.45) is 0. The Morgan fingerprint density at radius 3 is 1.76 bits per heavy atom. The van der Waals surface area contributed by atoms with Gasteiger partial charge < -0.3 is 4.57 Å². The monoisotopic (exact) mass is 674 g/mol. The van der Waals surface area contributed by atoms with Gasteiger partial charge in [-0.25, -0.2) is 19.3 Å². The van der Waals surface area contributed by atoms with E-state index in [9.17, 15) is 0 Å². The highest BCUT2D eigenvalue weighted by Crippen LogP contribution is 2.45. The number of nitrogens with zero attached hydrogens (tertiary/aromatic N) is 4. The van der Waals surface area contributed by atoms with Crippen molar-refractivity contribution >= 4 is 53.3 Å². The Morgan fingerprint density at radius 2 is 1.04 bits per heavy atom. The fourth-order valence-corrected chi connectivity index (χ4v) is 8.35. The van der Waals surface area contributed by atoms with Gasteiger partial charge in [-0.15, -0.1) is 11.3 Å².